The molecule has 0 fully saturated rings. The molecule has 16 heavy (non-hydrogen) atoms. The molecule has 0 bridgehead atoms. The summed E-state index contributed by atoms with van der Waals surface area (Å²) in [6.07, 6.45) is 2.97. The minimum Gasteiger partial charge on any atom is -0.258 e. The zero-order valence-corrected chi connectivity index (χ0v) is 9.39. The van der Waals surface area contributed by atoms with Crippen molar-refractivity contribution in [2.24, 2.45) is 0 Å². The molecule has 7 heteroatoms. The van der Waals surface area contributed by atoms with E-state index in [9.17, 15) is 14.5 Å². The molecule has 0 saturated heterocycles. The molecule has 0 unspecified atom stereocenters. The van der Waals surface area contributed by atoms with Crippen molar-refractivity contribution in [1.82, 2.24) is 9.78 Å². The highest BCUT2D eigenvalue weighted by Crippen LogP contribution is 2.29. The molecular weight excluding hydrogens is 281 g/mol. The molecule has 2 rings (SSSR count). The Hall–Kier alpha value is -1.76. The Kier molecular flexibility index (Phi) is 2.69. The van der Waals surface area contributed by atoms with Crippen molar-refractivity contribution in [3.8, 4) is 5.69 Å². The fraction of sp³-hybridized carbons (Fsp3) is 0. The van der Waals surface area contributed by atoms with Crippen LogP contribution in [-0.2, 0) is 0 Å². The predicted molar refractivity (Wildman–Crippen MR) is 57.9 cm³/mol. The van der Waals surface area contributed by atoms with Crippen LogP contribution in [0.1, 0.15) is 0 Å². The van der Waals surface area contributed by atoms with Crippen molar-refractivity contribution in [3.63, 3.8) is 0 Å². The topological polar surface area (TPSA) is 61.0 Å². The quantitative estimate of drug-likeness (QED) is 0.630. The first-order valence-electron chi connectivity index (χ1n) is 4.23. The van der Waals surface area contributed by atoms with Crippen molar-refractivity contribution in [2.75, 3.05) is 0 Å². The highest BCUT2D eigenvalue weighted by atomic mass is 79.9. The van der Waals surface area contributed by atoms with Gasteiger partial charge in [-0.15, -0.1) is 0 Å². The zero-order valence-electron chi connectivity index (χ0n) is 7.80. The molecule has 82 valence electrons. The number of nitro benzene ring substituents is 1. The maximum absolute atomic E-state index is 13.4. The maximum Gasteiger partial charge on any atom is 0.330 e. The number of hydrogen-bond donors (Lipinski definition) is 0. The molecular formula is C9H5BrFN3O2. The van der Waals surface area contributed by atoms with Gasteiger partial charge in [0.25, 0.3) is 0 Å². The van der Waals surface area contributed by atoms with Crippen LogP contribution in [0.4, 0.5) is 10.1 Å². The van der Waals surface area contributed by atoms with E-state index in [1.807, 2.05) is 0 Å². The minimum atomic E-state index is -0.898. The van der Waals surface area contributed by atoms with E-state index in [2.05, 4.69) is 21.0 Å². The van der Waals surface area contributed by atoms with Crippen LogP contribution in [0.25, 0.3) is 5.69 Å². The predicted octanol–water partition coefficient (Wildman–Crippen LogP) is 2.68. The van der Waals surface area contributed by atoms with Gasteiger partial charge in [-0.25, -0.2) is 4.68 Å². The van der Waals surface area contributed by atoms with Gasteiger partial charge in [-0.2, -0.15) is 9.49 Å². The number of rotatable bonds is 2. The first-order valence-corrected chi connectivity index (χ1v) is 5.02. The van der Waals surface area contributed by atoms with E-state index in [0.717, 1.165) is 6.07 Å². The molecule has 0 N–H and O–H groups in total. The summed E-state index contributed by atoms with van der Waals surface area (Å²) in [4.78, 5) is 9.99. The van der Waals surface area contributed by atoms with Gasteiger partial charge in [-0.3, -0.25) is 10.1 Å². The van der Waals surface area contributed by atoms with E-state index in [-0.39, 0.29) is 5.69 Å². The summed E-state index contributed by atoms with van der Waals surface area (Å²) in [5, 5.41) is 14.6. The molecule has 0 amide bonds. The molecule has 1 aromatic heterocycles. The van der Waals surface area contributed by atoms with E-state index in [4.69, 9.17) is 0 Å². The second kappa shape index (κ2) is 4.01. The van der Waals surface area contributed by atoms with Gasteiger partial charge in [0.15, 0.2) is 0 Å². The third-order valence-corrected chi connectivity index (χ3v) is 2.40. The molecule has 5 nitrogen and oxygen atoms in total. The Labute approximate surface area is 97.8 Å². The van der Waals surface area contributed by atoms with E-state index in [1.165, 1.54) is 23.1 Å². The summed E-state index contributed by atoms with van der Waals surface area (Å²) in [6.45, 7) is 0. The van der Waals surface area contributed by atoms with Gasteiger partial charge in [0.2, 0.25) is 5.82 Å². The molecule has 0 aliphatic carbocycles. The van der Waals surface area contributed by atoms with Crippen molar-refractivity contribution >= 4 is 21.6 Å². The monoisotopic (exact) mass is 285 g/mol. The summed E-state index contributed by atoms with van der Waals surface area (Å²) < 4.78 is 15.1. The van der Waals surface area contributed by atoms with Gasteiger partial charge >= 0.3 is 5.69 Å². The number of benzene rings is 1. The highest BCUT2D eigenvalue weighted by molar-refractivity contribution is 9.10. The van der Waals surface area contributed by atoms with Crippen LogP contribution in [0.3, 0.4) is 0 Å². The zero-order chi connectivity index (χ0) is 11.7. The van der Waals surface area contributed by atoms with Crippen molar-refractivity contribution in [3.05, 3.63) is 51.0 Å². The van der Waals surface area contributed by atoms with E-state index >= 15 is 0 Å². The number of nitro groups is 1. The molecule has 0 aliphatic rings. The fourth-order valence-electron chi connectivity index (χ4n) is 1.32. The van der Waals surface area contributed by atoms with Crippen LogP contribution in [0.2, 0.25) is 0 Å². The Morgan fingerprint density at radius 1 is 1.50 bits per heavy atom. The third kappa shape index (κ3) is 1.81. The summed E-state index contributed by atoms with van der Waals surface area (Å²) in [5.74, 6) is -0.898. The highest BCUT2D eigenvalue weighted by Gasteiger charge is 2.22. The maximum atomic E-state index is 13.4. The smallest absolute Gasteiger partial charge is 0.258 e. The molecule has 0 atom stereocenters. The van der Waals surface area contributed by atoms with Crippen LogP contribution in [0.5, 0.6) is 0 Å². The van der Waals surface area contributed by atoms with Crippen molar-refractivity contribution in [1.29, 1.82) is 0 Å². The summed E-state index contributed by atoms with van der Waals surface area (Å²) in [5.41, 5.74) is -0.506. The van der Waals surface area contributed by atoms with Crippen molar-refractivity contribution < 1.29 is 9.31 Å². The summed E-state index contributed by atoms with van der Waals surface area (Å²) >= 11 is 3.08. The number of nitrogens with zero attached hydrogens (tertiary/aromatic N) is 3. The first kappa shape index (κ1) is 10.7. The van der Waals surface area contributed by atoms with Crippen molar-refractivity contribution in [2.45, 2.75) is 0 Å². The lowest BCUT2D eigenvalue weighted by Crippen LogP contribution is -2.03. The molecule has 1 aromatic carbocycles. The first-order chi connectivity index (χ1) is 7.59. The molecule has 2 aromatic rings. The normalized spacial score (nSPS) is 10.4. The summed E-state index contributed by atoms with van der Waals surface area (Å²) in [6, 6.07) is 4.09. The van der Waals surface area contributed by atoms with Crippen LogP contribution in [0, 0.1) is 15.9 Å². The number of aromatic nitrogens is 2. The van der Waals surface area contributed by atoms with E-state index < -0.39 is 16.4 Å². The molecule has 0 saturated carbocycles. The lowest BCUT2D eigenvalue weighted by atomic mass is 10.2. The Balaban J connectivity index is 2.72. The van der Waals surface area contributed by atoms with Crippen LogP contribution >= 0.6 is 15.9 Å². The third-order valence-electron chi connectivity index (χ3n) is 1.94. The van der Waals surface area contributed by atoms with Gasteiger partial charge in [0.1, 0.15) is 5.69 Å². The fourth-order valence-corrected chi connectivity index (χ4v) is 1.74. The second-order valence-electron chi connectivity index (χ2n) is 2.96. The number of hydrogen-bond acceptors (Lipinski definition) is 3. The molecule has 0 spiro atoms. The molecule has 0 aliphatic heterocycles. The Morgan fingerprint density at radius 3 is 2.81 bits per heavy atom. The average Bonchev–Trinajstić information content (AvgIpc) is 2.67. The second-order valence-corrected chi connectivity index (χ2v) is 3.88. The lowest BCUT2D eigenvalue weighted by molar-refractivity contribution is -0.387. The van der Waals surface area contributed by atoms with Gasteiger partial charge in [-0.1, -0.05) is 15.9 Å². The van der Waals surface area contributed by atoms with Crippen LogP contribution in [0.15, 0.2) is 35.1 Å². The van der Waals surface area contributed by atoms with Crippen LogP contribution in [-0.4, -0.2) is 14.7 Å². The standard InChI is InChI=1S/C9H5BrFN3O2/c10-6-4-7(11)9(14(15)16)8(5-6)13-3-1-2-12-13/h1-5H. The lowest BCUT2D eigenvalue weighted by Gasteiger charge is -2.04. The molecule has 1 heterocycles. The van der Waals surface area contributed by atoms with Gasteiger partial charge in [-0.05, 0) is 18.2 Å². The SMILES string of the molecule is O=[N+]([O-])c1c(F)cc(Br)cc1-n1cccn1. The van der Waals surface area contributed by atoms with E-state index in [0.29, 0.717) is 4.47 Å². The van der Waals surface area contributed by atoms with Gasteiger partial charge in [0.05, 0.1) is 4.92 Å². The average molecular weight is 286 g/mol. The summed E-state index contributed by atoms with van der Waals surface area (Å²) in [7, 11) is 0. The Morgan fingerprint density at radius 2 is 2.25 bits per heavy atom. The van der Waals surface area contributed by atoms with Gasteiger partial charge in [0, 0.05) is 16.9 Å². The number of halogens is 2. The minimum absolute atomic E-state index is 0.0851. The largest absolute Gasteiger partial charge is 0.330 e. The molecule has 0 radical (unpaired) electrons. The van der Waals surface area contributed by atoms with Gasteiger partial charge < -0.3 is 0 Å². The van der Waals surface area contributed by atoms with E-state index in [1.54, 1.807) is 6.07 Å². The van der Waals surface area contributed by atoms with Crippen LogP contribution < -0.4 is 0 Å². The Bertz CT molecular complexity index is 542.